The number of nitrogens with one attached hydrogen (secondary N) is 2. The molecule has 26 heavy (non-hydrogen) atoms. The minimum Gasteiger partial charge on any atom is -0.495 e. The molecular weight excluding hydrogens is 489 g/mol. The Morgan fingerprint density at radius 2 is 1.88 bits per heavy atom. The van der Waals surface area contributed by atoms with Crippen LogP contribution in [0, 0.1) is 3.57 Å². The van der Waals surface area contributed by atoms with Crippen LogP contribution in [-0.2, 0) is 10.0 Å². The monoisotopic (exact) mass is 509 g/mol. The second kappa shape index (κ2) is 9.12. The van der Waals surface area contributed by atoms with Crippen LogP contribution in [0.3, 0.4) is 0 Å². The average molecular weight is 510 g/mol. The topological polar surface area (TPSA) is 70.7 Å². The van der Waals surface area contributed by atoms with Crippen LogP contribution < -0.4 is 19.7 Å². The van der Waals surface area contributed by atoms with Crippen molar-refractivity contribution in [3.05, 3.63) is 46.0 Å². The van der Waals surface area contributed by atoms with Crippen LogP contribution in [0.5, 0.6) is 5.75 Å². The van der Waals surface area contributed by atoms with E-state index in [0.29, 0.717) is 11.4 Å². The first-order valence-corrected chi connectivity index (χ1v) is 10.5. The van der Waals surface area contributed by atoms with E-state index in [2.05, 4.69) is 37.5 Å². The molecule has 0 aromatic heterocycles. The molecule has 142 valence electrons. The number of nitrogens with zero attached hydrogens (tertiary/aromatic N) is 1. The molecule has 0 unspecified atom stereocenters. The lowest BCUT2D eigenvalue weighted by Gasteiger charge is -2.30. The van der Waals surface area contributed by atoms with E-state index >= 15 is 0 Å². The summed E-state index contributed by atoms with van der Waals surface area (Å²) < 4.78 is 34.6. The summed E-state index contributed by atoms with van der Waals surface area (Å²) in [7, 11) is -2.07. The fraction of sp³-hybridized carbons (Fsp3) is 0.294. The Bertz CT molecular complexity index is 858. The number of sulfonamides is 1. The number of methoxy groups -OCH3 is 1. The van der Waals surface area contributed by atoms with Gasteiger partial charge in [-0.15, -0.1) is 12.4 Å². The molecule has 0 bridgehead atoms. The third-order valence-electron chi connectivity index (χ3n) is 4.00. The lowest BCUT2D eigenvalue weighted by molar-refractivity contribution is 0.412. The Morgan fingerprint density at radius 1 is 1.15 bits per heavy atom. The summed E-state index contributed by atoms with van der Waals surface area (Å²) in [6.45, 7) is 3.34. The predicted octanol–water partition coefficient (Wildman–Crippen LogP) is 2.93. The maximum absolute atomic E-state index is 12.8. The van der Waals surface area contributed by atoms with Crippen molar-refractivity contribution >= 4 is 56.4 Å². The summed E-state index contributed by atoms with van der Waals surface area (Å²) in [5, 5.41) is 3.29. The number of piperazine rings is 1. The van der Waals surface area contributed by atoms with E-state index in [4.69, 9.17) is 4.74 Å². The van der Waals surface area contributed by atoms with Crippen molar-refractivity contribution in [1.82, 2.24) is 5.32 Å². The molecule has 1 aliphatic heterocycles. The van der Waals surface area contributed by atoms with Crippen LogP contribution in [0.15, 0.2) is 47.4 Å². The number of rotatable bonds is 5. The van der Waals surface area contributed by atoms with Gasteiger partial charge in [0.05, 0.1) is 17.7 Å². The molecule has 0 spiro atoms. The molecule has 0 amide bonds. The van der Waals surface area contributed by atoms with E-state index in [9.17, 15) is 8.42 Å². The van der Waals surface area contributed by atoms with E-state index in [-0.39, 0.29) is 17.3 Å². The molecule has 1 saturated heterocycles. The number of ether oxygens (including phenoxy) is 1. The number of benzene rings is 2. The maximum Gasteiger partial charge on any atom is 0.261 e. The van der Waals surface area contributed by atoms with Crippen LogP contribution in [0.2, 0.25) is 0 Å². The molecule has 0 atom stereocenters. The van der Waals surface area contributed by atoms with Gasteiger partial charge < -0.3 is 15.0 Å². The van der Waals surface area contributed by atoms with E-state index in [1.54, 1.807) is 37.4 Å². The Labute approximate surface area is 173 Å². The Hall–Kier alpha value is -1.23. The van der Waals surface area contributed by atoms with Gasteiger partial charge in [0.1, 0.15) is 5.75 Å². The zero-order chi connectivity index (χ0) is 17.9. The summed E-state index contributed by atoms with van der Waals surface area (Å²) in [6.07, 6.45) is 0. The van der Waals surface area contributed by atoms with Crippen molar-refractivity contribution in [3.63, 3.8) is 0 Å². The highest BCUT2D eigenvalue weighted by Gasteiger charge is 2.20. The van der Waals surface area contributed by atoms with Crippen molar-refractivity contribution in [2.45, 2.75) is 4.90 Å². The number of hydrogen-bond acceptors (Lipinski definition) is 5. The molecule has 1 fully saturated rings. The molecule has 0 aliphatic carbocycles. The molecule has 1 aliphatic rings. The summed E-state index contributed by atoms with van der Waals surface area (Å²) >= 11 is 2.15. The van der Waals surface area contributed by atoms with Gasteiger partial charge in [0.15, 0.2) is 0 Å². The van der Waals surface area contributed by atoms with E-state index in [0.717, 1.165) is 35.4 Å². The molecule has 2 N–H and O–H groups in total. The number of hydrogen-bond donors (Lipinski definition) is 2. The Balaban J connectivity index is 0.00000243. The lowest BCUT2D eigenvalue weighted by Crippen LogP contribution is -2.43. The first-order valence-electron chi connectivity index (χ1n) is 7.92. The van der Waals surface area contributed by atoms with Gasteiger partial charge in [-0.05, 0) is 59.0 Å². The van der Waals surface area contributed by atoms with Crippen molar-refractivity contribution in [2.75, 3.05) is 42.9 Å². The van der Waals surface area contributed by atoms with Gasteiger partial charge in [0.2, 0.25) is 0 Å². The quantitative estimate of drug-likeness (QED) is 0.607. The third-order valence-corrected chi connectivity index (χ3v) is 6.05. The van der Waals surface area contributed by atoms with Crippen LogP contribution in [0.1, 0.15) is 0 Å². The van der Waals surface area contributed by atoms with Gasteiger partial charge in [-0.2, -0.15) is 0 Å². The smallest absolute Gasteiger partial charge is 0.261 e. The van der Waals surface area contributed by atoms with Crippen molar-refractivity contribution in [2.24, 2.45) is 0 Å². The lowest BCUT2D eigenvalue weighted by atomic mass is 10.2. The zero-order valence-electron chi connectivity index (χ0n) is 14.2. The van der Waals surface area contributed by atoms with Crippen molar-refractivity contribution in [1.29, 1.82) is 0 Å². The van der Waals surface area contributed by atoms with Gasteiger partial charge in [-0.25, -0.2) is 8.42 Å². The Morgan fingerprint density at radius 3 is 2.54 bits per heavy atom. The summed E-state index contributed by atoms with van der Waals surface area (Å²) in [6, 6.07) is 12.2. The van der Waals surface area contributed by atoms with Crippen molar-refractivity contribution in [3.8, 4) is 5.75 Å². The fourth-order valence-corrected chi connectivity index (χ4v) is 4.37. The van der Waals surface area contributed by atoms with Crippen LogP contribution in [0.25, 0.3) is 0 Å². The Kier molecular flexibility index (Phi) is 7.39. The van der Waals surface area contributed by atoms with E-state index < -0.39 is 10.0 Å². The molecule has 0 radical (unpaired) electrons. The molecule has 2 aromatic carbocycles. The van der Waals surface area contributed by atoms with Gasteiger partial charge >= 0.3 is 0 Å². The molecule has 6 nitrogen and oxygen atoms in total. The molecule has 0 saturated carbocycles. The fourth-order valence-electron chi connectivity index (χ4n) is 2.76. The standard InChI is InChI=1S/C17H20IN3O3S.ClH/c1-24-17-6-5-15(12-16(17)21-9-7-19-8-10-21)25(22,23)20-14-4-2-3-13(18)11-14;/h2-6,11-12,19-20H,7-10H2,1H3;1H. The van der Waals surface area contributed by atoms with E-state index in [1.165, 1.54) is 0 Å². The summed E-state index contributed by atoms with van der Waals surface area (Å²) in [5.41, 5.74) is 1.35. The second-order valence-electron chi connectivity index (χ2n) is 5.69. The molecule has 1 heterocycles. The van der Waals surface area contributed by atoms with E-state index in [1.807, 2.05) is 12.1 Å². The van der Waals surface area contributed by atoms with Crippen molar-refractivity contribution < 1.29 is 13.2 Å². The molecular formula is C17H21ClIN3O3S. The minimum atomic E-state index is -3.67. The zero-order valence-corrected chi connectivity index (χ0v) is 18.0. The van der Waals surface area contributed by atoms with Gasteiger partial charge in [-0.1, -0.05) is 6.07 Å². The highest BCUT2D eigenvalue weighted by molar-refractivity contribution is 14.1. The number of halogens is 2. The maximum atomic E-state index is 12.8. The van der Waals surface area contributed by atoms with Gasteiger partial charge in [-0.3, -0.25) is 4.72 Å². The average Bonchev–Trinajstić information content (AvgIpc) is 2.61. The van der Waals surface area contributed by atoms with Gasteiger partial charge in [0, 0.05) is 35.4 Å². The highest BCUT2D eigenvalue weighted by Crippen LogP contribution is 2.32. The normalized spacial score (nSPS) is 14.5. The SMILES string of the molecule is COc1ccc(S(=O)(=O)Nc2cccc(I)c2)cc1N1CCNCC1.Cl. The first kappa shape index (κ1) is 21.1. The highest BCUT2D eigenvalue weighted by atomic mass is 127. The van der Waals surface area contributed by atoms with Crippen LogP contribution >= 0.6 is 35.0 Å². The minimum absolute atomic E-state index is 0. The predicted molar refractivity (Wildman–Crippen MR) is 115 cm³/mol. The molecule has 3 rings (SSSR count). The molecule has 2 aromatic rings. The summed E-state index contributed by atoms with van der Waals surface area (Å²) in [5.74, 6) is 0.676. The summed E-state index contributed by atoms with van der Waals surface area (Å²) in [4.78, 5) is 2.36. The van der Waals surface area contributed by atoms with Crippen LogP contribution in [0.4, 0.5) is 11.4 Å². The first-order chi connectivity index (χ1) is 12.0. The largest absolute Gasteiger partial charge is 0.495 e. The van der Waals surface area contributed by atoms with Gasteiger partial charge in [0.25, 0.3) is 10.0 Å². The third kappa shape index (κ3) is 4.93. The molecule has 9 heteroatoms. The van der Waals surface area contributed by atoms with Crippen LogP contribution in [-0.4, -0.2) is 41.7 Å². The second-order valence-corrected chi connectivity index (χ2v) is 8.61. The number of anilines is 2.